The highest BCUT2D eigenvalue weighted by atomic mass is 16.5. The highest BCUT2D eigenvalue weighted by Gasteiger charge is 2.32. The van der Waals surface area contributed by atoms with Gasteiger partial charge in [-0.1, -0.05) is 36.3 Å². The lowest BCUT2D eigenvalue weighted by atomic mass is 9.78. The van der Waals surface area contributed by atoms with E-state index >= 15 is 0 Å². The normalized spacial score (nSPS) is 27.6. The Morgan fingerprint density at radius 1 is 1.31 bits per heavy atom. The van der Waals surface area contributed by atoms with Crippen molar-refractivity contribution in [2.45, 2.75) is 78.9 Å². The lowest BCUT2D eigenvalue weighted by Crippen LogP contribution is -2.39. The predicted octanol–water partition coefficient (Wildman–Crippen LogP) is 4.33. The van der Waals surface area contributed by atoms with Gasteiger partial charge in [-0.05, 0) is 70.3 Å². The molecule has 0 aromatic rings. The third-order valence-corrected chi connectivity index (χ3v) is 5.21. The highest BCUT2D eigenvalue weighted by Crippen LogP contribution is 2.31. The van der Waals surface area contributed by atoms with Crippen LogP contribution in [-0.2, 0) is 9.53 Å². The van der Waals surface area contributed by atoms with Gasteiger partial charge in [-0.2, -0.15) is 0 Å². The Hall–Kier alpha value is -1.39. The van der Waals surface area contributed by atoms with Gasteiger partial charge in [0.15, 0.2) is 0 Å². The molecule has 0 spiro atoms. The molecule has 0 amide bonds. The van der Waals surface area contributed by atoms with Crippen LogP contribution >= 0.6 is 0 Å². The molecule has 0 aromatic heterocycles. The second-order valence-electron chi connectivity index (χ2n) is 7.82. The lowest BCUT2D eigenvalue weighted by molar-refractivity contribution is -0.140. The summed E-state index contributed by atoms with van der Waals surface area (Å²) in [5, 5.41) is 21.6. The monoisotopic (exact) mass is 364 g/mol. The summed E-state index contributed by atoms with van der Waals surface area (Å²) in [7, 11) is 0. The van der Waals surface area contributed by atoms with E-state index in [0.717, 1.165) is 25.7 Å². The van der Waals surface area contributed by atoms with E-state index in [1.165, 1.54) is 18.1 Å². The van der Waals surface area contributed by atoms with E-state index in [1.54, 1.807) is 0 Å². The number of rotatable bonds is 6. The molecule has 1 aliphatic rings. The third kappa shape index (κ3) is 7.88. The molecule has 4 atom stereocenters. The lowest BCUT2D eigenvalue weighted by Gasteiger charge is -2.33. The number of aliphatic hydroxyl groups is 2. The van der Waals surface area contributed by atoms with Crippen LogP contribution in [0.1, 0.15) is 66.7 Å². The first-order valence-corrected chi connectivity index (χ1v) is 9.69. The number of hydrogen-bond acceptors (Lipinski definition) is 4. The first kappa shape index (κ1) is 22.7. The van der Waals surface area contributed by atoms with Crippen molar-refractivity contribution in [3.8, 4) is 0 Å². The molecule has 2 N–H and O–H groups in total. The van der Waals surface area contributed by atoms with E-state index in [0.29, 0.717) is 12.0 Å². The Labute approximate surface area is 158 Å². The van der Waals surface area contributed by atoms with Crippen molar-refractivity contribution in [1.82, 2.24) is 0 Å². The van der Waals surface area contributed by atoms with Gasteiger partial charge in [0.2, 0.25) is 0 Å². The minimum absolute atomic E-state index is 0.00209. The molecular weight excluding hydrogens is 328 g/mol. The Bertz CT molecular complexity index is 540. The van der Waals surface area contributed by atoms with Gasteiger partial charge >= 0.3 is 5.97 Å². The van der Waals surface area contributed by atoms with E-state index in [-0.39, 0.29) is 24.4 Å². The number of ether oxygens (including phenoxy) is 1. The molecule has 1 rings (SSSR count). The van der Waals surface area contributed by atoms with Crippen molar-refractivity contribution in [3.05, 3.63) is 34.9 Å². The quantitative estimate of drug-likeness (QED) is 0.544. The zero-order chi connectivity index (χ0) is 19.7. The predicted molar refractivity (Wildman–Crippen MR) is 106 cm³/mol. The van der Waals surface area contributed by atoms with Gasteiger partial charge in [-0.25, -0.2) is 0 Å². The van der Waals surface area contributed by atoms with E-state index in [9.17, 15) is 15.0 Å². The van der Waals surface area contributed by atoms with Crippen LogP contribution < -0.4 is 0 Å². The van der Waals surface area contributed by atoms with E-state index < -0.39 is 12.2 Å². The maximum Gasteiger partial charge on any atom is 0.302 e. The Kier molecular flexibility index (Phi) is 9.89. The van der Waals surface area contributed by atoms with Crippen LogP contribution in [0.2, 0.25) is 0 Å². The summed E-state index contributed by atoms with van der Waals surface area (Å²) in [6.45, 7) is 9.82. The summed E-state index contributed by atoms with van der Waals surface area (Å²) in [5.74, 6) is -0.0989. The van der Waals surface area contributed by atoms with Gasteiger partial charge in [-0.15, -0.1) is 0 Å². The molecule has 0 radical (unpaired) electrons. The number of allylic oxidation sites excluding steroid dienone is 5. The molecule has 26 heavy (non-hydrogen) atoms. The number of hydrogen-bond donors (Lipinski definition) is 2. The van der Waals surface area contributed by atoms with Gasteiger partial charge < -0.3 is 14.9 Å². The maximum atomic E-state index is 11.1. The maximum absolute atomic E-state index is 11.1. The fraction of sp³-hybridized carbons (Fsp3) is 0.682. The van der Waals surface area contributed by atoms with Crippen LogP contribution in [0.25, 0.3) is 0 Å². The summed E-state index contributed by atoms with van der Waals surface area (Å²) < 4.78 is 5.08. The Morgan fingerprint density at radius 2 is 2.00 bits per heavy atom. The molecule has 0 saturated heterocycles. The second kappa shape index (κ2) is 11.3. The SMILES string of the molecule is CC(=O)OC/C1=C/CC=C(C)CC[C@@H]([C@H](C)CCC=C(C)C)[C@@H](O)[C@H]1O. The molecule has 1 aliphatic carbocycles. The molecule has 148 valence electrons. The summed E-state index contributed by atoms with van der Waals surface area (Å²) in [5.41, 5.74) is 3.17. The summed E-state index contributed by atoms with van der Waals surface area (Å²) >= 11 is 0. The fourth-order valence-corrected chi connectivity index (χ4v) is 3.45. The van der Waals surface area contributed by atoms with Gasteiger partial charge in [0, 0.05) is 6.92 Å². The molecule has 0 unspecified atom stereocenters. The molecule has 0 heterocycles. The molecule has 0 aromatic carbocycles. The van der Waals surface area contributed by atoms with Gasteiger partial charge in [0.25, 0.3) is 0 Å². The number of carbonyl (C=O) groups excluding carboxylic acids is 1. The largest absolute Gasteiger partial charge is 0.461 e. The number of esters is 1. The standard InChI is InChI=1S/C22H36O4/c1-15(2)8-6-10-17(4)20-13-12-16(3)9-7-11-19(14-26-18(5)23)21(24)22(20)25/h8-9,11,17,20-22,24-25H,6-7,10,12-14H2,1-5H3/b16-9?,19-11-/t17-,20+,21+,22-/m1/s1. The van der Waals surface area contributed by atoms with Crippen LogP contribution in [0, 0.1) is 11.8 Å². The van der Waals surface area contributed by atoms with Crippen molar-refractivity contribution in [3.63, 3.8) is 0 Å². The highest BCUT2D eigenvalue weighted by molar-refractivity contribution is 5.66. The first-order chi connectivity index (χ1) is 12.2. The average Bonchev–Trinajstić information content (AvgIpc) is 2.56. The van der Waals surface area contributed by atoms with Crippen molar-refractivity contribution in [2.24, 2.45) is 11.8 Å². The zero-order valence-electron chi connectivity index (χ0n) is 17.0. The zero-order valence-corrected chi connectivity index (χ0v) is 17.0. The molecule has 0 bridgehead atoms. The third-order valence-electron chi connectivity index (χ3n) is 5.21. The van der Waals surface area contributed by atoms with E-state index in [1.807, 2.05) is 6.08 Å². The molecule has 0 saturated carbocycles. The first-order valence-electron chi connectivity index (χ1n) is 9.69. The van der Waals surface area contributed by atoms with Crippen LogP contribution in [0.15, 0.2) is 34.9 Å². The van der Waals surface area contributed by atoms with Crippen LogP contribution in [0.5, 0.6) is 0 Å². The van der Waals surface area contributed by atoms with Gasteiger partial charge in [0.1, 0.15) is 12.7 Å². The van der Waals surface area contributed by atoms with Crippen molar-refractivity contribution < 1.29 is 19.7 Å². The van der Waals surface area contributed by atoms with Crippen LogP contribution in [0.4, 0.5) is 0 Å². The van der Waals surface area contributed by atoms with Crippen LogP contribution in [0.3, 0.4) is 0 Å². The summed E-state index contributed by atoms with van der Waals surface area (Å²) in [6.07, 6.45) is 8.77. The fourth-order valence-electron chi connectivity index (χ4n) is 3.45. The van der Waals surface area contributed by atoms with Crippen molar-refractivity contribution in [2.75, 3.05) is 6.61 Å². The molecule has 4 heteroatoms. The second-order valence-corrected chi connectivity index (χ2v) is 7.82. The van der Waals surface area contributed by atoms with E-state index in [4.69, 9.17) is 4.74 Å². The molecular formula is C22H36O4. The van der Waals surface area contributed by atoms with Crippen LogP contribution in [-0.4, -0.2) is 35.0 Å². The smallest absolute Gasteiger partial charge is 0.302 e. The minimum Gasteiger partial charge on any atom is -0.461 e. The van der Waals surface area contributed by atoms with Gasteiger partial charge in [0.05, 0.1) is 6.10 Å². The van der Waals surface area contributed by atoms with E-state index in [2.05, 4.69) is 39.8 Å². The summed E-state index contributed by atoms with van der Waals surface area (Å²) in [4.78, 5) is 11.1. The molecule has 0 aliphatic heterocycles. The summed E-state index contributed by atoms with van der Waals surface area (Å²) in [6, 6.07) is 0. The Balaban J connectivity index is 2.95. The molecule has 4 nitrogen and oxygen atoms in total. The topological polar surface area (TPSA) is 66.8 Å². The van der Waals surface area contributed by atoms with Crippen molar-refractivity contribution in [1.29, 1.82) is 0 Å². The number of carbonyl (C=O) groups is 1. The Morgan fingerprint density at radius 3 is 2.62 bits per heavy atom. The molecule has 0 fully saturated rings. The van der Waals surface area contributed by atoms with Gasteiger partial charge in [-0.3, -0.25) is 4.79 Å². The minimum atomic E-state index is -1.00. The average molecular weight is 365 g/mol. The van der Waals surface area contributed by atoms with Crippen molar-refractivity contribution >= 4 is 5.97 Å². The number of aliphatic hydroxyl groups excluding tert-OH is 2.